The van der Waals surface area contributed by atoms with E-state index in [1.54, 1.807) is 0 Å². The predicted octanol–water partition coefficient (Wildman–Crippen LogP) is 2.98. The first-order chi connectivity index (χ1) is 10.2. The number of rotatable bonds is 3. The lowest BCUT2D eigenvalue weighted by Crippen LogP contribution is -2.12. The number of fused-ring (bicyclic) bond motifs is 1. The molecule has 1 heterocycles. The van der Waals surface area contributed by atoms with Gasteiger partial charge in [0.25, 0.3) is 0 Å². The largest absolute Gasteiger partial charge is 0.440 e. The second kappa shape index (κ2) is 5.45. The highest BCUT2D eigenvalue weighted by Gasteiger charge is 2.16. The molecule has 1 aliphatic rings. The fourth-order valence-corrected chi connectivity index (χ4v) is 2.73. The lowest BCUT2D eigenvalue weighted by Gasteiger charge is -2.21. The molecule has 1 aromatic heterocycles. The Bertz CT molecular complexity index is 761. The number of nitrogens with zero attached hydrogens (tertiary/aromatic N) is 3. The van der Waals surface area contributed by atoms with E-state index >= 15 is 0 Å². The highest BCUT2D eigenvalue weighted by atomic mass is 14.9. The van der Waals surface area contributed by atoms with Gasteiger partial charge in [-0.2, -0.15) is 5.26 Å². The summed E-state index contributed by atoms with van der Waals surface area (Å²) >= 11 is 0. The van der Waals surface area contributed by atoms with Crippen molar-refractivity contribution in [1.29, 1.82) is 5.26 Å². The van der Waals surface area contributed by atoms with Crippen LogP contribution < -0.4 is 10.7 Å². The Morgan fingerprint density at radius 2 is 2.29 bits per heavy atom. The molecule has 1 aromatic carbocycles. The molecule has 2 N–H and O–H groups in total. The number of anilines is 1. The molecular weight excluding hydrogens is 260 g/mol. The van der Waals surface area contributed by atoms with E-state index in [1.807, 2.05) is 30.4 Å². The summed E-state index contributed by atoms with van der Waals surface area (Å²) in [6.45, 7) is 2.15. The highest BCUT2D eigenvalue weighted by molar-refractivity contribution is 5.78. The summed E-state index contributed by atoms with van der Waals surface area (Å²) < 4.78 is 0. The molecule has 0 saturated carbocycles. The number of imidazole rings is 1. The van der Waals surface area contributed by atoms with Gasteiger partial charge in [-0.1, -0.05) is 31.0 Å². The molecule has 0 bridgehead atoms. The number of aromatic nitrogens is 2. The molecule has 21 heavy (non-hydrogen) atoms. The van der Waals surface area contributed by atoms with Gasteiger partial charge in [-0.25, -0.2) is 0 Å². The van der Waals surface area contributed by atoms with Gasteiger partial charge in [-0.15, -0.1) is 0 Å². The van der Waals surface area contributed by atoms with E-state index in [0.717, 1.165) is 35.3 Å². The molecule has 3 rings (SSSR count). The van der Waals surface area contributed by atoms with Crippen LogP contribution in [0.2, 0.25) is 0 Å². The van der Waals surface area contributed by atoms with E-state index in [9.17, 15) is 0 Å². The number of hydrogen-bond donors (Lipinski definition) is 1. The lowest BCUT2D eigenvalue weighted by atomic mass is 9.84. The maximum Gasteiger partial charge on any atom is 0.0988 e. The fraction of sp³-hybridized carbons (Fsp3) is 0.294. The topological polar surface area (TPSA) is 76.8 Å². The third kappa shape index (κ3) is 2.82. The summed E-state index contributed by atoms with van der Waals surface area (Å²) in [6.07, 6.45) is 7.90. The van der Waals surface area contributed by atoms with Crippen molar-refractivity contribution >= 4 is 16.7 Å². The number of hydrogen-bond acceptors (Lipinski definition) is 3. The summed E-state index contributed by atoms with van der Waals surface area (Å²) in [5, 5.41) is 8.91. The van der Waals surface area contributed by atoms with E-state index in [-0.39, 0.29) is 0 Å². The summed E-state index contributed by atoms with van der Waals surface area (Å²) in [4.78, 5) is 9.07. The van der Waals surface area contributed by atoms with Crippen LogP contribution in [0.3, 0.4) is 0 Å². The third-order valence-corrected chi connectivity index (χ3v) is 3.97. The molecule has 0 spiro atoms. The van der Waals surface area contributed by atoms with Crippen molar-refractivity contribution in [2.75, 3.05) is 5.73 Å². The van der Waals surface area contributed by atoms with Gasteiger partial charge in [-0.05, 0) is 53.9 Å². The number of nitriles is 1. The molecule has 2 aromatic rings. The molecule has 0 amide bonds. The third-order valence-electron chi connectivity index (χ3n) is 3.97. The quantitative estimate of drug-likeness (QED) is 0.875. The van der Waals surface area contributed by atoms with Crippen LogP contribution in [0.4, 0.5) is 5.69 Å². The minimum Gasteiger partial charge on any atom is -0.440 e. The number of nitrogens with two attached hydrogens (primary N) is 1. The van der Waals surface area contributed by atoms with Gasteiger partial charge in [0, 0.05) is 11.3 Å². The molecule has 0 saturated heterocycles. The van der Waals surface area contributed by atoms with E-state index in [2.05, 4.69) is 29.0 Å². The van der Waals surface area contributed by atoms with E-state index in [4.69, 9.17) is 11.0 Å². The van der Waals surface area contributed by atoms with Crippen molar-refractivity contribution in [3.8, 4) is 6.07 Å². The smallest absolute Gasteiger partial charge is 0.0988 e. The summed E-state index contributed by atoms with van der Waals surface area (Å²) in [5.74, 6) is 1.68. The first-order valence-electron chi connectivity index (χ1n) is 7.14. The Balaban J connectivity index is 1.69. The van der Waals surface area contributed by atoms with Gasteiger partial charge in [0.05, 0.1) is 6.07 Å². The van der Waals surface area contributed by atoms with Crippen molar-refractivity contribution in [3.05, 3.63) is 47.8 Å². The van der Waals surface area contributed by atoms with Crippen LogP contribution in [0.5, 0.6) is 0 Å². The molecule has 2 atom stereocenters. The predicted molar refractivity (Wildman–Crippen MR) is 83.3 cm³/mol. The van der Waals surface area contributed by atoms with Crippen LogP contribution in [0.25, 0.3) is 11.0 Å². The Morgan fingerprint density at radius 3 is 3.05 bits per heavy atom. The normalized spacial score (nSPS) is 21.2. The van der Waals surface area contributed by atoms with Gasteiger partial charge >= 0.3 is 0 Å². The molecule has 4 heteroatoms. The van der Waals surface area contributed by atoms with Gasteiger partial charge in [0.15, 0.2) is 0 Å². The molecule has 4 nitrogen and oxygen atoms in total. The fourth-order valence-electron chi connectivity index (χ4n) is 2.73. The molecule has 2 unspecified atom stereocenters. The van der Waals surface area contributed by atoms with Crippen molar-refractivity contribution in [3.63, 3.8) is 0 Å². The molecule has 0 fully saturated rings. The summed E-state index contributed by atoms with van der Waals surface area (Å²) in [7, 11) is 0. The molecule has 0 aliphatic heterocycles. The summed E-state index contributed by atoms with van der Waals surface area (Å²) in [6, 6.07) is 7.80. The lowest BCUT2D eigenvalue weighted by molar-refractivity contribution is 0.466. The number of aryl methyl sites for hydroxylation is 1. The zero-order valence-corrected chi connectivity index (χ0v) is 12.0. The van der Waals surface area contributed by atoms with Crippen LogP contribution >= 0.6 is 0 Å². The van der Waals surface area contributed by atoms with Gasteiger partial charge in [-0.3, -0.25) is 0 Å². The highest BCUT2D eigenvalue weighted by Crippen LogP contribution is 2.26. The standard InChI is InChI=1S/C17H17N4/c1-11-8-12(10-18)2-3-13(11)4-7-17-20-15-6-5-14(19)9-16(15)21-17/h2-3,5-6,8-9,11,13H,4,7,19H2,1H3/q-1. The van der Waals surface area contributed by atoms with Crippen LogP contribution in [0.15, 0.2) is 42.0 Å². The Morgan fingerprint density at radius 1 is 1.43 bits per heavy atom. The SMILES string of the molecule is CC1C=C(C#N)C=CC1CCc1nc2cc(N)ccc2[n-]1. The second-order valence-corrected chi connectivity index (χ2v) is 5.54. The molecular formula is C17H17N4-. The number of benzene rings is 1. The van der Waals surface area contributed by atoms with Crippen LogP contribution in [-0.4, -0.2) is 4.98 Å². The molecule has 0 radical (unpaired) electrons. The minimum atomic E-state index is 0.379. The Hall–Kier alpha value is -2.54. The zero-order valence-electron chi connectivity index (χ0n) is 12.0. The molecule has 1 aliphatic carbocycles. The number of allylic oxidation sites excluding steroid dienone is 4. The zero-order chi connectivity index (χ0) is 14.8. The van der Waals surface area contributed by atoms with Crippen molar-refractivity contribution in [1.82, 2.24) is 9.97 Å². The number of nitrogen functional groups attached to an aromatic ring is 1. The van der Waals surface area contributed by atoms with Crippen LogP contribution in [0.1, 0.15) is 19.2 Å². The van der Waals surface area contributed by atoms with Crippen molar-refractivity contribution in [2.24, 2.45) is 11.8 Å². The van der Waals surface area contributed by atoms with Crippen molar-refractivity contribution < 1.29 is 0 Å². The summed E-state index contributed by atoms with van der Waals surface area (Å²) in [5.41, 5.74) is 8.99. The van der Waals surface area contributed by atoms with E-state index < -0.39 is 0 Å². The maximum absolute atomic E-state index is 8.91. The first kappa shape index (κ1) is 13.4. The van der Waals surface area contributed by atoms with E-state index in [0.29, 0.717) is 17.5 Å². The minimum absolute atomic E-state index is 0.379. The average Bonchev–Trinajstić information content (AvgIpc) is 2.87. The first-order valence-corrected chi connectivity index (χ1v) is 7.14. The monoisotopic (exact) mass is 277 g/mol. The van der Waals surface area contributed by atoms with Gasteiger partial charge in [0.2, 0.25) is 0 Å². The average molecular weight is 277 g/mol. The second-order valence-electron chi connectivity index (χ2n) is 5.54. The van der Waals surface area contributed by atoms with Crippen molar-refractivity contribution in [2.45, 2.75) is 19.8 Å². The van der Waals surface area contributed by atoms with Gasteiger partial charge < -0.3 is 15.7 Å². The Labute approximate surface area is 124 Å². The maximum atomic E-state index is 8.91. The van der Waals surface area contributed by atoms with Gasteiger partial charge in [0.1, 0.15) is 0 Å². The Kier molecular flexibility index (Phi) is 3.49. The van der Waals surface area contributed by atoms with Crippen LogP contribution in [-0.2, 0) is 6.42 Å². The van der Waals surface area contributed by atoms with E-state index in [1.165, 1.54) is 0 Å². The molecule has 106 valence electrons. The van der Waals surface area contributed by atoms with Crippen LogP contribution in [0, 0.1) is 23.2 Å².